The van der Waals surface area contributed by atoms with Crippen LogP contribution in [-0.2, 0) is 9.59 Å². The predicted molar refractivity (Wildman–Crippen MR) is 52.4 cm³/mol. The average Bonchev–Trinajstić information content (AvgIpc) is 1.96. The molecule has 0 atom stereocenters. The standard InChI is InChI=1S/C10H19NO2/c1-8(12)6-7-9(13)11(5)10(2,3)4/h6-7H2,1-5H3. The van der Waals surface area contributed by atoms with Crippen LogP contribution in [0.15, 0.2) is 0 Å². The SMILES string of the molecule is CC(=O)CCC(=O)N(C)C(C)(C)C. The molecule has 0 N–H and O–H groups in total. The van der Waals surface area contributed by atoms with Gasteiger partial charge in [0.2, 0.25) is 5.91 Å². The van der Waals surface area contributed by atoms with Gasteiger partial charge in [-0.3, -0.25) is 4.79 Å². The normalized spacial score (nSPS) is 11.2. The fourth-order valence-corrected chi connectivity index (χ4v) is 0.825. The highest BCUT2D eigenvalue weighted by atomic mass is 16.2. The molecule has 0 saturated heterocycles. The van der Waals surface area contributed by atoms with E-state index in [0.29, 0.717) is 12.8 Å². The number of carbonyl (C=O) groups excluding carboxylic acids is 2. The highest BCUT2D eigenvalue weighted by Crippen LogP contribution is 2.12. The molecule has 0 aliphatic rings. The van der Waals surface area contributed by atoms with E-state index < -0.39 is 0 Å². The van der Waals surface area contributed by atoms with Gasteiger partial charge in [0.15, 0.2) is 0 Å². The van der Waals surface area contributed by atoms with Crippen LogP contribution in [0.4, 0.5) is 0 Å². The Morgan fingerprint density at radius 3 is 1.92 bits per heavy atom. The second-order valence-corrected chi connectivity index (χ2v) is 4.33. The summed E-state index contributed by atoms with van der Waals surface area (Å²) in [7, 11) is 1.77. The molecule has 0 aliphatic carbocycles. The van der Waals surface area contributed by atoms with Crippen molar-refractivity contribution in [2.24, 2.45) is 0 Å². The van der Waals surface area contributed by atoms with Gasteiger partial charge in [-0.15, -0.1) is 0 Å². The lowest BCUT2D eigenvalue weighted by atomic mass is 10.1. The first-order valence-corrected chi connectivity index (χ1v) is 4.51. The van der Waals surface area contributed by atoms with E-state index in [9.17, 15) is 9.59 Å². The number of rotatable bonds is 3. The van der Waals surface area contributed by atoms with Gasteiger partial charge < -0.3 is 9.69 Å². The fourth-order valence-electron chi connectivity index (χ4n) is 0.825. The highest BCUT2D eigenvalue weighted by Gasteiger charge is 2.21. The molecule has 0 rings (SSSR count). The second kappa shape index (κ2) is 4.40. The average molecular weight is 185 g/mol. The van der Waals surface area contributed by atoms with Gasteiger partial charge in [0.25, 0.3) is 0 Å². The van der Waals surface area contributed by atoms with Crippen molar-refractivity contribution in [2.75, 3.05) is 7.05 Å². The van der Waals surface area contributed by atoms with E-state index in [4.69, 9.17) is 0 Å². The molecule has 0 spiro atoms. The summed E-state index contributed by atoms with van der Waals surface area (Å²) < 4.78 is 0. The maximum Gasteiger partial charge on any atom is 0.223 e. The topological polar surface area (TPSA) is 37.4 Å². The molecule has 0 heterocycles. The maximum atomic E-state index is 11.5. The van der Waals surface area contributed by atoms with Gasteiger partial charge in [0.05, 0.1) is 0 Å². The summed E-state index contributed by atoms with van der Waals surface area (Å²) >= 11 is 0. The number of ketones is 1. The number of hydrogen-bond donors (Lipinski definition) is 0. The minimum atomic E-state index is -0.159. The van der Waals surface area contributed by atoms with Crippen LogP contribution in [0.3, 0.4) is 0 Å². The van der Waals surface area contributed by atoms with Crippen LogP contribution in [0.5, 0.6) is 0 Å². The summed E-state index contributed by atoms with van der Waals surface area (Å²) in [5.41, 5.74) is -0.159. The Labute approximate surface area is 80.1 Å². The molecule has 0 aliphatic heterocycles. The lowest BCUT2D eigenvalue weighted by molar-refractivity contribution is -0.135. The van der Waals surface area contributed by atoms with Crippen molar-refractivity contribution in [1.82, 2.24) is 4.90 Å². The third-order valence-electron chi connectivity index (χ3n) is 2.07. The summed E-state index contributed by atoms with van der Waals surface area (Å²) in [5.74, 6) is 0.0957. The molecule has 3 heteroatoms. The Bertz CT molecular complexity index is 203. The smallest absolute Gasteiger partial charge is 0.223 e. The largest absolute Gasteiger partial charge is 0.341 e. The van der Waals surface area contributed by atoms with Crippen LogP contribution in [0.2, 0.25) is 0 Å². The van der Waals surface area contributed by atoms with Crippen molar-refractivity contribution >= 4 is 11.7 Å². The van der Waals surface area contributed by atoms with Gasteiger partial charge in [0.1, 0.15) is 5.78 Å². The molecule has 0 aromatic heterocycles. The van der Waals surface area contributed by atoms with Gasteiger partial charge in [-0.25, -0.2) is 0 Å². The van der Waals surface area contributed by atoms with Crippen molar-refractivity contribution in [3.8, 4) is 0 Å². The molecular formula is C10H19NO2. The monoisotopic (exact) mass is 185 g/mol. The van der Waals surface area contributed by atoms with Gasteiger partial charge in [0, 0.05) is 25.4 Å². The Balaban J connectivity index is 4.05. The van der Waals surface area contributed by atoms with E-state index >= 15 is 0 Å². The zero-order valence-corrected chi connectivity index (χ0v) is 9.18. The zero-order valence-electron chi connectivity index (χ0n) is 9.18. The van der Waals surface area contributed by atoms with Crippen LogP contribution in [0.25, 0.3) is 0 Å². The number of hydrogen-bond acceptors (Lipinski definition) is 2. The second-order valence-electron chi connectivity index (χ2n) is 4.33. The van der Waals surface area contributed by atoms with E-state index in [2.05, 4.69) is 0 Å². The van der Waals surface area contributed by atoms with Crippen LogP contribution in [-0.4, -0.2) is 29.2 Å². The van der Waals surface area contributed by atoms with Crippen LogP contribution in [0, 0.1) is 0 Å². The Kier molecular flexibility index (Phi) is 4.11. The minimum Gasteiger partial charge on any atom is -0.341 e. The Morgan fingerprint density at radius 1 is 1.15 bits per heavy atom. The first-order valence-electron chi connectivity index (χ1n) is 4.51. The van der Waals surface area contributed by atoms with Crippen molar-refractivity contribution in [2.45, 2.75) is 46.1 Å². The summed E-state index contributed by atoms with van der Waals surface area (Å²) in [6.07, 6.45) is 0.669. The third kappa shape index (κ3) is 4.65. The van der Waals surface area contributed by atoms with Crippen LogP contribution < -0.4 is 0 Å². The lowest BCUT2D eigenvalue weighted by Crippen LogP contribution is -2.42. The predicted octanol–water partition coefficient (Wildman–Crippen LogP) is 1.61. The molecule has 0 aromatic rings. The number of nitrogens with zero attached hydrogens (tertiary/aromatic N) is 1. The number of amides is 1. The lowest BCUT2D eigenvalue weighted by Gasteiger charge is -2.32. The van der Waals surface area contributed by atoms with E-state index in [-0.39, 0.29) is 17.2 Å². The molecule has 0 radical (unpaired) electrons. The van der Waals surface area contributed by atoms with Crippen LogP contribution >= 0.6 is 0 Å². The summed E-state index contributed by atoms with van der Waals surface area (Å²) in [6.45, 7) is 7.42. The van der Waals surface area contributed by atoms with Crippen molar-refractivity contribution in [1.29, 1.82) is 0 Å². The van der Waals surface area contributed by atoms with E-state index in [1.54, 1.807) is 11.9 Å². The molecule has 0 bridgehead atoms. The molecule has 76 valence electrons. The molecule has 0 unspecified atom stereocenters. The zero-order chi connectivity index (χ0) is 10.6. The Hall–Kier alpha value is -0.860. The van der Waals surface area contributed by atoms with Crippen molar-refractivity contribution in [3.63, 3.8) is 0 Å². The van der Waals surface area contributed by atoms with Crippen molar-refractivity contribution < 1.29 is 9.59 Å². The van der Waals surface area contributed by atoms with E-state index in [1.165, 1.54) is 6.92 Å². The van der Waals surface area contributed by atoms with Crippen LogP contribution in [0.1, 0.15) is 40.5 Å². The Morgan fingerprint density at radius 2 is 1.62 bits per heavy atom. The quantitative estimate of drug-likeness (QED) is 0.670. The summed E-state index contributed by atoms with van der Waals surface area (Å²) in [4.78, 5) is 23.8. The molecule has 0 saturated carbocycles. The maximum absolute atomic E-state index is 11.5. The molecule has 1 amide bonds. The van der Waals surface area contributed by atoms with Gasteiger partial charge in [-0.05, 0) is 27.7 Å². The first-order chi connectivity index (χ1) is 5.75. The minimum absolute atomic E-state index is 0.0303. The third-order valence-corrected chi connectivity index (χ3v) is 2.07. The number of Topliss-reactive ketones (excluding diaryl/α,β-unsaturated/α-hetero) is 1. The molecule has 0 fully saturated rings. The first kappa shape index (κ1) is 12.1. The molecule has 3 nitrogen and oxygen atoms in total. The van der Waals surface area contributed by atoms with E-state index in [0.717, 1.165) is 0 Å². The van der Waals surface area contributed by atoms with Crippen molar-refractivity contribution in [3.05, 3.63) is 0 Å². The van der Waals surface area contributed by atoms with E-state index in [1.807, 2.05) is 20.8 Å². The summed E-state index contributed by atoms with van der Waals surface area (Å²) in [5, 5.41) is 0. The molecule has 0 aromatic carbocycles. The van der Waals surface area contributed by atoms with Gasteiger partial charge in [-0.2, -0.15) is 0 Å². The number of carbonyl (C=O) groups is 2. The van der Waals surface area contributed by atoms with Gasteiger partial charge in [-0.1, -0.05) is 0 Å². The molecule has 13 heavy (non-hydrogen) atoms. The molecular weight excluding hydrogens is 166 g/mol. The van der Waals surface area contributed by atoms with Gasteiger partial charge >= 0.3 is 0 Å². The fraction of sp³-hybridized carbons (Fsp3) is 0.800. The summed E-state index contributed by atoms with van der Waals surface area (Å²) in [6, 6.07) is 0. The highest BCUT2D eigenvalue weighted by molar-refractivity contribution is 5.83.